The SMILES string of the molecule is CC(=O)N(CCC(=O)N1CCN(c2ncccn2)CC1)Cc1ccccc1. The molecule has 27 heavy (non-hydrogen) atoms. The van der Waals surface area contributed by atoms with Gasteiger partial charge in [0.25, 0.3) is 0 Å². The zero-order valence-electron chi connectivity index (χ0n) is 15.6. The molecule has 1 aliphatic rings. The topological polar surface area (TPSA) is 69.6 Å². The van der Waals surface area contributed by atoms with Crippen molar-refractivity contribution < 1.29 is 9.59 Å². The standard InChI is InChI=1S/C20H25N5O2/c1-17(26)25(16-18-6-3-2-4-7-18)11-8-19(27)23-12-14-24(15-13-23)20-21-9-5-10-22-20/h2-7,9-10H,8,11-16H2,1H3. The zero-order valence-corrected chi connectivity index (χ0v) is 15.6. The molecule has 0 atom stereocenters. The highest BCUT2D eigenvalue weighted by Crippen LogP contribution is 2.11. The highest BCUT2D eigenvalue weighted by molar-refractivity contribution is 5.78. The van der Waals surface area contributed by atoms with Crippen LogP contribution >= 0.6 is 0 Å². The van der Waals surface area contributed by atoms with E-state index in [1.165, 1.54) is 0 Å². The van der Waals surface area contributed by atoms with Gasteiger partial charge in [-0.25, -0.2) is 9.97 Å². The lowest BCUT2D eigenvalue weighted by molar-refractivity contribution is -0.134. The van der Waals surface area contributed by atoms with Crippen molar-refractivity contribution in [2.75, 3.05) is 37.6 Å². The van der Waals surface area contributed by atoms with Crippen LogP contribution in [0.25, 0.3) is 0 Å². The molecule has 0 bridgehead atoms. The van der Waals surface area contributed by atoms with E-state index >= 15 is 0 Å². The van der Waals surface area contributed by atoms with Gasteiger partial charge in [-0.1, -0.05) is 30.3 Å². The summed E-state index contributed by atoms with van der Waals surface area (Å²) in [6.07, 6.45) is 3.79. The maximum Gasteiger partial charge on any atom is 0.225 e. The highest BCUT2D eigenvalue weighted by Gasteiger charge is 2.23. The second kappa shape index (κ2) is 9.12. The second-order valence-electron chi connectivity index (χ2n) is 6.59. The molecule has 2 heterocycles. The van der Waals surface area contributed by atoms with Crippen molar-refractivity contribution in [2.45, 2.75) is 19.9 Å². The molecular weight excluding hydrogens is 342 g/mol. The Morgan fingerprint density at radius 3 is 2.30 bits per heavy atom. The minimum absolute atomic E-state index is 0.0160. The largest absolute Gasteiger partial charge is 0.339 e. The predicted octanol–water partition coefficient (Wildman–Crippen LogP) is 1.56. The van der Waals surface area contributed by atoms with Gasteiger partial charge in [-0.15, -0.1) is 0 Å². The summed E-state index contributed by atoms with van der Waals surface area (Å²) in [6.45, 7) is 5.25. The highest BCUT2D eigenvalue weighted by atomic mass is 16.2. The second-order valence-corrected chi connectivity index (χ2v) is 6.59. The molecule has 0 radical (unpaired) electrons. The maximum atomic E-state index is 12.6. The summed E-state index contributed by atoms with van der Waals surface area (Å²) in [4.78, 5) is 38.7. The molecule has 2 aromatic rings. The molecule has 0 spiro atoms. The van der Waals surface area contributed by atoms with Gasteiger partial charge in [0.15, 0.2) is 0 Å². The quantitative estimate of drug-likeness (QED) is 0.775. The number of piperazine rings is 1. The number of hydrogen-bond donors (Lipinski definition) is 0. The lowest BCUT2D eigenvalue weighted by Gasteiger charge is -2.35. The summed E-state index contributed by atoms with van der Waals surface area (Å²) in [5.41, 5.74) is 1.07. The molecule has 7 heteroatoms. The molecule has 3 rings (SSSR count). The van der Waals surface area contributed by atoms with Gasteiger partial charge in [0.1, 0.15) is 0 Å². The van der Waals surface area contributed by atoms with Gasteiger partial charge in [-0.2, -0.15) is 0 Å². The van der Waals surface area contributed by atoms with Crippen LogP contribution < -0.4 is 4.90 Å². The number of nitrogens with zero attached hydrogens (tertiary/aromatic N) is 5. The number of rotatable bonds is 6. The first-order valence-electron chi connectivity index (χ1n) is 9.22. The molecule has 0 aliphatic carbocycles. The molecule has 0 saturated carbocycles. The Kier molecular flexibility index (Phi) is 6.35. The summed E-state index contributed by atoms with van der Waals surface area (Å²) < 4.78 is 0. The third kappa shape index (κ3) is 5.26. The van der Waals surface area contributed by atoms with E-state index in [0.29, 0.717) is 38.5 Å². The van der Waals surface area contributed by atoms with E-state index in [1.54, 1.807) is 30.3 Å². The van der Waals surface area contributed by atoms with Gasteiger partial charge >= 0.3 is 0 Å². The first-order chi connectivity index (χ1) is 13.1. The average Bonchev–Trinajstić information content (AvgIpc) is 2.72. The third-order valence-electron chi connectivity index (χ3n) is 4.72. The number of carbonyl (C=O) groups excluding carboxylic acids is 2. The van der Waals surface area contributed by atoms with Crippen molar-refractivity contribution in [3.8, 4) is 0 Å². The Bertz CT molecular complexity index is 745. The fourth-order valence-corrected chi connectivity index (χ4v) is 3.15. The number of hydrogen-bond acceptors (Lipinski definition) is 5. The van der Waals surface area contributed by atoms with Crippen LogP contribution in [0.1, 0.15) is 18.9 Å². The molecule has 0 N–H and O–H groups in total. The number of carbonyl (C=O) groups is 2. The van der Waals surface area contributed by atoms with E-state index in [4.69, 9.17) is 0 Å². The van der Waals surface area contributed by atoms with Crippen LogP contribution in [0.5, 0.6) is 0 Å². The van der Waals surface area contributed by atoms with Gasteiger partial charge in [-0.3, -0.25) is 9.59 Å². The van der Waals surface area contributed by atoms with E-state index in [2.05, 4.69) is 14.9 Å². The summed E-state index contributed by atoms with van der Waals surface area (Å²) in [5, 5.41) is 0. The smallest absolute Gasteiger partial charge is 0.225 e. The minimum atomic E-state index is -0.0160. The van der Waals surface area contributed by atoms with Crippen molar-refractivity contribution in [1.29, 1.82) is 0 Å². The summed E-state index contributed by atoms with van der Waals surface area (Å²) in [7, 11) is 0. The fraction of sp³-hybridized carbons (Fsp3) is 0.400. The first-order valence-corrected chi connectivity index (χ1v) is 9.22. The number of aromatic nitrogens is 2. The van der Waals surface area contributed by atoms with E-state index < -0.39 is 0 Å². The molecule has 1 fully saturated rings. The lowest BCUT2D eigenvalue weighted by Crippen LogP contribution is -2.49. The fourth-order valence-electron chi connectivity index (χ4n) is 3.15. The van der Waals surface area contributed by atoms with E-state index in [1.807, 2.05) is 35.2 Å². The van der Waals surface area contributed by atoms with Crippen molar-refractivity contribution in [3.63, 3.8) is 0 Å². The predicted molar refractivity (Wildman–Crippen MR) is 103 cm³/mol. The third-order valence-corrected chi connectivity index (χ3v) is 4.72. The van der Waals surface area contributed by atoms with E-state index in [0.717, 1.165) is 18.7 Å². The molecule has 1 aliphatic heterocycles. The van der Waals surface area contributed by atoms with Crippen LogP contribution in [0.3, 0.4) is 0 Å². The van der Waals surface area contributed by atoms with Crippen molar-refractivity contribution in [3.05, 3.63) is 54.4 Å². The van der Waals surface area contributed by atoms with Crippen molar-refractivity contribution >= 4 is 17.8 Å². The molecule has 7 nitrogen and oxygen atoms in total. The number of benzene rings is 1. The van der Waals surface area contributed by atoms with Gasteiger partial charge in [0.05, 0.1) is 0 Å². The summed E-state index contributed by atoms with van der Waals surface area (Å²) in [5.74, 6) is 0.774. The van der Waals surface area contributed by atoms with Gasteiger partial charge in [0.2, 0.25) is 17.8 Å². The van der Waals surface area contributed by atoms with Crippen LogP contribution in [0.4, 0.5) is 5.95 Å². The van der Waals surface area contributed by atoms with Crippen molar-refractivity contribution in [1.82, 2.24) is 19.8 Å². The van der Waals surface area contributed by atoms with Gasteiger partial charge in [0, 0.05) is 65.0 Å². The van der Waals surface area contributed by atoms with Crippen molar-refractivity contribution in [2.24, 2.45) is 0 Å². The Labute approximate surface area is 159 Å². The van der Waals surface area contributed by atoms with Crippen LogP contribution in [-0.2, 0) is 16.1 Å². The first kappa shape index (κ1) is 18.8. The normalized spacial score (nSPS) is 14.1. The summed E-state index contributed by atoms with van der Waals surface area (Å²) in [6, 6.07) is 11.6. The van der Waals surface area contributed by atoms with E-state index in [-0.39, 0.29) is 11.8 Å². The zero-order chi connectivity index (χ0) is 19.1. The van der Waals surface area contributed by atoms with Crippen LogP contribution in [0.15, 0.2) is 48.8 Å². The molecule has 2 amide bonds. The Hall–Kier alpha value is -2.96. The molecule has 1 aromatic carbocycles. The maximum absolute atomic E-state index is 12.6. The van der Waals surface area contributed by atoms with Crippen LogP contribution in [0.2, 0.25) is 0 Å². The summed E-state index contributed by atoms with van der Waals surface area (Å²) >= 11 is 0. The Balaban J connectivity index is 1.48. The molecular formula is C20H25N5O2. The monoisotopic (exact) mass is 367 g/mol. The van der Waals surface area contributed by atoms with Gasteiger partial charge in [-0.05, 0) is 11.6 Å². The van der Waals surface area contributed by atoms with Crippen LogP contribution in [-0.4, -0.2) is 64.3 Å². The molecule has 1 saturated heterocycles. The lowest BCUT2D eigenvalue weighted by atomic mass is 10.2. The molecule has 0 unspecified atom stereocenters. The molecule has 1 aromatic heterocycles. The van der Waals surface area contributed by atoms with Crippen LogP contribution in [0, 0.1) is 0 Å². The number of amides is 2. The Morgan fingerprint density at radius 2 is 1.67 bits per heavy atom. The minimum Gasteiger partial charge on any atom is -0.339 e. The van der Waals surface area contributed by atoms with Gasteiger partial charge < -0.3 is 14.7 Å². The number of anilines is 1. The Morgan fingerprint density at radius 1 is 1.00 bits per heavy atom. The molecule has 142 valence electrons. The average molecular weight is 367 g/mol. The van der Waals surface area contributed by atoms with E-state index in [9.17, 15) is 9.59 Å².